The van der Waals surface area contributed by atoms with Gasteiger partial charge < -0.3 is 0 Å². The van der Waals surface area contributed by atoms with Crippen LogP contribution >= 0.6 is 0 Å². The van der Waals surface area contributed by atoms with E-state index in [-0.39, 0.29) is 16.0 Å². The van der Waals surface area contributed by atoms with Crippen molar-refractivity contribution in [2.24, 2.45) is 0 Å². The minimum absolute atomic E-state index is 0.0606. The molecule has 0 radical (unpaired) electrons. The number of aryl methyl sites for hydroxylation is 1. The molecule has 0 aliphatic rings. The highest BCUT2D eigenvalue weighted by Crippen LogP contribution is 2.32. The minimum Gasteiger partial charge on any atom is -0.264 e. The van der Waals surface area contributed by atoms with Crippen LogP contribution < -0.4 is 4.72 Å². The van der Waals surface area contributed by atoms with Gasteiger partial charge in [-0.25, -0.2) is 12.8 Å². The van der Waals surface area contributed by atoms with Crippen molar-refractivity contribution in [3.05, 3.63) is 118 Å². The zero-order valence-corrected chi connectivity index (χ0v) is 17.6. The zero-order chi connectivity index (χ0) is 22.6. The Labute approximate surface area is 180 Å². The summed E-state index contributed by atoms with van der Waals surface area (Å²) < 4.78 is 43.1. The van der Waals surface area contributed by atoms with Crippen LogP contribution in [0.25, 0.3) is 5.57 Å². The largest absolute Gasteiger partial charge is 0.264 e. The number of hydrogen-bond donors (Lipinski definition) is 1. The van der Waals surface area contributed by atoms with E-state index >= 15 is 0 Å². The predicted molar refractivity (Wildman–Crippen MR) is 117 cm³/mol. The first-order valence-corrected chi connectivity index (χ1v) is 10.9. The van der Waals surface area contributed by atoms with Crippen molar-refractivity contribution in [2.75, 3.05) is 0 Å². The molecule has 8 heteroatoms. The van der Waals surface area contributed by atoms with Gasteiger partial charge in [0.1, 0.15) is 11.9 Å². The van der Waals surface area contributed by atoms with Gasteiger partial charge in [-0.2, -0.15) is 4.72 Å². The monoisotopic (exact) mass is 440 g/mol. The molecule has 0 saturated carbocycles. The summed E-state index contributed by atoms with van der Waals surface area (Å²) in [6.45, 7) is 5.64. The summed E-state index contributed by atoms with van der Waals surface area (Å²) in [5, 5.41) is 12.1. The fraction of sp³-hybridized carbons (Fsp3) is 0.130. The smallest absolute Gasteiger partial charge is 0.258 e. The van der Waals surface area contributed by atoms with E-state index in [4.69, 9.17) is 0 Å². The van der Waals surface area contributed by atoms with Gasteiger partial charge in [-0.05, 0) is 30.7 Å². The number of nitro groups is 1. The van der Waals surface area contributed by atoms with E-state index < -0.39 is 32.8 Å². The van der Waals surface area contributed by atoms with E-state index in [1.54, 1.807) is 49.4 Å². The van der Waals surface area contributed by atoms with Crippen molar-refractivity contribution < 1.29 is 17.7 Å². The van der Waals surface area contributed by atoms with Gasteiger partial charge in [0.15, 0.2) is 0 Å². The molecule has 0 unspecified atom stereocenters. The van der Waals surface area contributed by atoms with Crippen molar-refractivity contribution in [2.45, 2.75) is 23.9 Å². The molecular formula is C23H21FN2O4S. The second-order valence-electron chi connectivity index (χ2n) is 7.05. The normalized spacial score (nSPS) is 13.4. The molecule has 31 heavy (non-hydrogen) atoms. The average Bonchev–Trinajstić information content (AvgIpc) is 2.74. The summed E-state index contributed by atoms with van der Waals surface area (Å²) in [6, 6.07) is 16.6. The first-order valence-electron chi connectivity index (χ1n) is 9.42. The summed E-state index contributed by atoms with van der Waals surface area (Å²) in [5.41, 5.74) is 1.23. The van der Waals surface area contributed by atoms with E-state index in [0.717, 1.165) is 11.6 Å². The Morgan fingerprint density at radius 1 is 1.00 bits per heavy atom. The highest BCUT2D eigenvalue weighted by molar-refractivity contribution is 7.89. The van der Waals surface area contributed by atoms with Crippen LogP contribution in [0.3, 0.4) is 0 Å². The first kappa shape index (κ1) is 22.3. The minimum atomic E-state index is -4.20. The number of nitrogens with one attached hydrogen (secondary N) is 1. The molecule has 2 atom stereocenters. The molecule has 6 nitrogen and oxygen atoms in total. The number of rotatable bonds is 8. The molecule has 0 saturated heterocycles. The van der Waals surface area contributed by atoms with Crippen molar-refractivity contribution in [1.82, 2.24) is 4.72 Å². The highest BCUT2D eigenvalue weighted by Gasteiger charge is 2.40. The lowest BCUT2D eigenvalue weighted by Crippen LogP contribution is -2.41. The van der Waals surface area contributed by atoms with E-state index in [2.05, 4.69) is 11.3 Å². The lowest BCUT2D eigenvalue weighted by molar-refractivity contribution is -0.510. The van der Waals surface area contributed by atoms with E-state index in [1.807, 2.05) is 0 Å². The molecule has 0 spiro atoms. The van der Waals surface area contributed by atoms with Gasteiger partial charge in [0.25, 0.3) is 6.04 Å². The maximum absolute atomic E-state index is 14.7. The van der Waals surface area contributed by atoms with Gasteiger partial charge in [0, 0.05) is 16.1 Å². The number of hydrogen-bond acceptors (Lipinski definition) is 4. The Kier molecular flexibility index (Phi) is 6.62. The number of sulfonamides is 1. The Morgan fingerprint density at radius 3 is 2.16 bits per heavy atom. The van der Waals surface area contributed by atoms with Gasteiger partial charge in [-0.1, -0.05) is 72.8 Å². The maximum Gasteiger partial charge on any atom is 0.258 e. The Morgan fingerprint density at radius 2 is 1.58 bits per heavy atom. The number of nitrogens with zero attached hydrogens (tertiary/aromatic N) is 1. The quantitative estimate of drug-likeness (QED) is 0.412. The summed E-state index contributed by atoms with van der Waals surface area (Å²) in [7, 11) is -4.20. The Bertz CT molecular complexity index is 1200. The third kappa shape index (κ3) is 5.04. The third-order valence-corrected chi connectivity index (χ3v) is 6.36. The SMILES string of the molecule is C=C(c1ccccc1)[C@H]([C@H](NS(=O)(=O)c1ccc(C)cc1)c1ccccc1F)[N+](=O)[O-]. The second-order valence-corrected chi connectivity index (χ2v) is 8.77. The fourth-order valence-corrected chi connectivity index (χ4v) is 4.47. The van der Waals surface area contributed by atoms with Crippen LogP contribution in [0.5, 0.6) is 0 Å². The van der Waals surface area contributed by atoms with Crippen molar-refractivity contribution in [3.63, 3.8) is 0 Å². The first-order chi connectivity index (χ1) is 14.7. The number of halogens is 1. The molecular weight excluding hydrogens is 419 g/mol. The van der Waals surface area contributed by atoms with E-state index in [0.29, 0.717) is 5.56 Å². The lowest BCUT2D eigenvalue weighted by atomic mass is 9.91. The van der Waals surface area contributed by atoms with Crippen LogP contribution in [-0.4, -0.2) is 19.4 Å². The van der Waals surface area contributed by atoms with Crippen LogP contribution in [0, 0.1) is 22.9 Å². The molecule has 0 bridgehead atoms. The molecule has 0 heterocycles. The van der Waals surface area contributed by atoms with Crippen LogP contribution in [-0.2, 0) is 10.0 Å². The molecule has 3 aromatic rings. The van der Waals surface area contributed by atoms with Gasteiger partial charge >= 0.3 is 0 Å². The van der Waals surface area contributed by atoms with Crippen LogP contribution in [0.15, 0.2) is 90.3 Å². The van der Waals surface area contributed by atoms with Crippen LogP contribution in [0.2, 0.25) is 0 Å². The second kappa shape index (κ2) is 9.20. The van der Waals surface area contributed by atoms with E-state index in [1.165, 1.54) is 30.3 Å². The molecule has 3 aromatic carbocycles. The summed E-state index contributed by atoms with van der Waals surface area (Å²) >= 11 is 0. The number of benzene rings is 3. The fourth-order valence-electron chi connectivity index (χ4n) is 3.25. The molecule has 0 aromatic heterocycles. The lowest BCUT2D eigenvalue weighted by Gasteiger charge is -2.24. The molecule has 160 valence electrons. The molecule has 0 aliphatic carbocycles. The van der Waals surface area contributed by atoms with Crippen LogP contribution in [0.1, 0.15) is 22.7 Å². The standard InChI is InChI=1S/C23H21FN2O4S/c1-16-12-14-19(15-13-16)31(29,30)25-22(20-10-6-7-11-21(20)24)23(26(27)28)17(2)18-8-4-3-5-9-18/h3-15,22-23,25H,2H2,1H3/t22-,23-/m1/s1. The predicted octanol–water partition coefficient (Wildman–Crippen LogP) is 4.51. The summed E-state index contributed by atoms with van der Waals surface area (Å²) in [4.78, 5) is 11.4. The molecule has 0 amide bonds. The molecule has 0 aliphatic heterocycles. The zero-order valence-electron chi connectivity index (χ0n) is 16.7. The topological polar surface area (TPSA) is 89.3 Å². The Balaban J connectivity index is 2.11. The Hall–Kier alpha value is -3.36. The molecule has 3 rings (SSSR count). The van der Waals surface area contributed by atoms with Crippen molar-refractivity contribution >= 4 is 15.6 Å². The van der Waals surface area contributed by atoms with Gasteiger partial charge in [-0.3, -0.25) is 10.1 Å². The average molecular weight is 440 g/mol. The van der Waals surface area contributed by atoms with Crippen molar-refractivity contribution in [3.8, 4) is 0 Å². The van der Waals surface area contributed by atoms with Crippen LogP contribution in [0.4, 0.5) is 4.39 Å². The van der Waals surface area contributed by atoms with Gasteiger partial charge in [0.2, 0.25) is 10.0 Å². The molecule has 0 fully saturated rings. The summed E-state index contributed by atoms with van der Waals surface area (Å²) in [6.07, 6.45) is 0. The maximum atomic E-state index is 14.7. The highest BCUT2D eigenvalue weighted by atomic mass is 32.2. The third-order valence-electron chi connectivity index (χ3n) is 4.90. The summed E-state index contributed by atoms with van der Waals surface area (Å²) in [5.74, 6) is -0.758. The van der Waals surface area contributed by atoms with E-state index in [9.17, 15) is 22.9 Å². The van der Waals surface area contributed by atoms with Crippen molar-refractivity contribution in [1.29, 1.82) is 0 Å². The molecule has 1 N–H and O–H groups in total. The van der Waals surface area contributed by atoms with Gasteiger partial charge in [0.05, 0.1) is 4.90 Å². The van der Waals surface area contributed by atoms with Gasteiger partial charge in [-0.15, -0.1) is 0 Å².